The van der Waals surface area contributed by atoms with Crippen molar-refractivity contribution in [1.82, 2.24) is 18.3 Å². The van der Waals surface area contributed by atoms with E-state index < -0.39 is 0 Å². The molecule has 0 atom stereocenters. The third kappa shape index (κ3) is 8.49. The normalized spacial score (nSPS) is 11.6. The van der Waals surface area contributed by atoms with Crippen LogP contribution in [0.15, 0.2) is 340 Å². The molecule has 4 aromatic heterocycles. The molecule has 0 aliphatic rings. The summed E-state index contributed by atoms with van der Waals surface area (Å²) in [6.07, 6.45) is 0. The Bertz CT molecular complexity index is 4980. The van der Waals surface area contributed by atoms with Gasteiger partial charge in [0.2, 0.25) is 0 Å². The summed E-state index contributed by atoms with van der Waals surface area (Å²) in [7, 11) is 0. The van der Waals surface area contributed by atoms with Crippen LogP contribution in [-0.2, 0) is 0 Å². The Morgan fingerprint density at radius 1 is 0.182 bits per heavy atom. The van der Waals surface area contributed by atoms with Crippen molar-refractivity contribution in [2.45, 2.75) is 0 Å². The summed E-state index contributed by atoms with van der Waals surface area (Å²) in [5.74, 6) is 0. The molecule has 0 N–H and O–H groups in total. The summed E-state index contributed by atoms with van der Waals surface area (Å²) in [5, 5.41) is 7.09. The first-order valence-corrected chi connectivity index (χ1v) is 30.1. The lowest BCUT2D eigenvalue weighted by molar-refractivity contribution is 1.13. The molecule has 0 aliphatic carbocycles. The van der Waals surface area contributed by atoms with E-state index in [1.807, 2.05) is 0 Å². The summed E-state index contributed by atoms with van der Waals surface area (Å²) < 4.78 is 9.76. The van der Waals surface area contributed by atoms with Crippen molar-refractivity contribution in [3.05, 3.63) is 340 Å². The van der Waals surface area contributed by atoms with E-state index >= 15 is 0 Å². The lowest BCUT2D eigenvalue weighted by atomic mass is 10.1. The summed E-state index contributed by atoms with van der Waals surface area (Å²) in [5.41, 5.74) is 22.4. The van der Waals surface area contributed by atoms with E-state index in [1.165, 1.54) is 32.6 Å². The highest BCUT2D eigenvalue weighted by Crippen LogP contribution is 2.44. The molecule has 17 aromatic rings. The van der Waals surface area contributed by atoms with Gasteiger partial charge in [-0.2, -0.15) is 0 Å². The van der Waals surface area contributed by atoms with E-state index in [2.05, 4.69) is 368 Å². The van der Waals surface area contributed by atoms with Gasteiger partial charge in [0.05, 0.1) is 44.5 Å². The van der Waals surface area contributed by atoms with Gasteiger partial charge in [-0.3, -0.25) is 0 Å². The molecule has 0 bridgehead atoms. The van der Waals surface area contributed by atoms with Crippen LogP contribution in [-0.4, -0.2) is 18.3 Å². The number of anilines is 6. The molecule has 0 amide bonds. The molecule has 13 aromatic carbocycles. The van der Waals surface area contributed by atoms with Crippen molar-refractivity contribution < 1.29 is 0 Å². The molecular weight excluding hydrogens is 1070 g/mol. The van der Waals surface area contributed by atoms with Crippen LogP contribution in [0.5, 0.6) is 0 Å². The van der Waals surface area contributed by atoms with Crippen LogP contribution >= 0.6 is 0 Å². The average molecular weight is 1130 g/mol. The quantitative estimate of drug-likeness (QED) is 0.122. The number of hydrogen-bond acceptors (Lipinski definition) is 2. The third-order valence-corrected chi connectivity index (χ3v) is 17.5. The molecule has 17 rings (SSSR count). The van der Waals surface area contributed by atoms with Crippen molar-refractivity contribution in [3.63, 3.8) is 0 Å². The second-order valence-electron chi connectivity index (χ2n) is 22.6. The van der Waals surface area contributed by atoms with E-state index in [1.54, 1.807) is 0 Å². The zero-order valence-electron chi connectivity index (χ0n) is 48.0. The maximum absolute atomic E-state index is 2.49. The third-order valence-electron chi connectivity index (χ3n) is 17.5. The van der Waals surface area contributed by atoms with Crippen molar-refractivity contribution >= 4 is 99.5 Å². The van der Waals surface area contributed by atoms with Crippen molar-refractivity contribution in [2.24, 2.45) is 0 Å². The zero-order chi connectivity index (χ0) is 58.1. The molecule has 0 aliphatic heterocycles. The van der Waals surface area contributed by atoms with Gasteiger partial charge in [-0.05, 0) is 181 Å². The highest BCUT2D eigenvalue weighted by molar-refractivity contribution is 6.12. The Morgan fingerprint density at radius 3 is 0.830 bits per heavy atom. The number of fused-ring (bicyclic) bond motifs is 8. The highest BCUT2D eigenvalue weighted by atomic mass is 15.1. The minimum Gasteiger partial charge on any atom is -0.311 e. The predicted molar refractivity (Wildman–Crippen MR) is 369 cm³/mol. The van der Waals surface area contributed by atoms with Crippen LogP contribution in [0.4, 0.5) is 34.1 Å². The minimum absolute atomic E-state index is 1.08. The number of para-hydroxylation sites is 8. The first kappa shape index (κ1) is 50.6. The van der Waals surface area contributed by atoms with Gasteiger partial charge in [-0.15, -0.1) is 0 Å². The summed E-state index contributed by atoms with van der Waals surface area (Å²) in [6, 6.07) is 123. The fraction of sp³-hybridized carbons (Fsp3) is 0. The molecule has 0 saturated heterocycles. The fourth-order valence-electron chi connectivity index (χ4n) is 13.6. The maximum atomic E-state index is 2.49. The predicted octanol–water partition coefficient (Wildman–Crippen LogP) is 22.0. The largest absolute Gasteiger partial charge is 0.311 e. The van der Waals surface area contributed by atoms with Crippen LogP contribution in [0, 0.1) is 0 Å². The van der Waals surface area contributed by atoms with Crippen LogP contribution in [0.25, 0.3) is 111 Å². The molecule has 0 unspecified atom stereocenters. The van der Waals surface area contributed by atoms with E-state index in [-0.39, 0.29) is 0 Å². The SMILES string of the molecule is c1ccc(N(c2ccccc2)c2ccc(-c3cc4cc5c(cc(-c6ccc(N(c7ccccc7)c7ccccc7)cc6)n5-c5ccc6c(c5)c5ccccc5n6-c5ccccc5)cc4n3-c3ccc4c(c3)c3ccccc3n4-c3ccccc3)cc2)cc1. The Hall–Kier alpha value is -11.9. The van der Waals surface area contributed by atoms with Crippen molar-refractivity contribution in [1.29, 1.82) is 0 Å². The Morgan fingerprint density at radius 2 is 0.477 bits per heavy atom. The molecular formula is C82H56N6. The highest BCUT2D eigenvalue weighted by Gasteiger charge is 2.23. The standard InChI is InChI=1S/C82H56N6/c1-7-23-61(24-8-1)83(62-25-9-2-10-26-62)67-43-39-57(40-44-67)79-51-59-53-82-60(54-81(59)87(79)69-47-49-77-73(55-69)71-35-19-21-37-75(71)85(77)65-31-15-5-16-32-65)52-80(58-41-45-68(46-42-58)84(63-27-11-3-12-28-63)64-29-13-4-14-30-64)88(82)70-48-50-78-74(56-70)72-36-20-22-38-76(72)86(78)66-33-17-6-18-34-66/h1-56H. The van der Waals surface area contributed by atoms with E-state index in [0.29, 0.717) is 0 Å². The summed E-state index contributed by atoms with van der Waals surface area (Å²) in [6.45, 7) is 0. The van der Waals surface area contributed by atoms with E-state index in [0.717, 1.165) is 112 Å². The van der Waals surface area contributed by atoms with Crippen molar-refractivity contribution in [3.8, 4) is 45.3 Å². The molecule has 4 heterocycles. The zero-order valence-corrected chi connectivity index (χ0v) is 48.0. The second kappa shape index (κ2) is 21.0. The van der Waals surface area contributed by atoms with Crippen LogP contribution in [0.1, 0.15) is 0 Å². The monoisotopic (exact) mass is 1120 g/mol. The fourth-order valence-corrected chi connectivity index (χ4v) is 13.6. The van der Waals surface area contributed by atoms with Crippen LogP contribution in [0.3, 0.4) is 0 Å². The van der Waals surface area contributed by atoms with Crippen LogP contribution in [0.2, 0.25) is 0 Å². The molecule has 6 heteroatoms. The van der Waals surface area contributed by atoms with Crippen LogP contribution < -0.4 is 9.80 Å². The number of hydrogen-bond donors (Lipinski definition) is 0. The molecule has 88 heavy (non-hydrogen) atoms. The first-order valence-electron chi connectivity index (χ1n) is 30.1. The molecule has 0 fully saturated rings. The maximum Gasteiger partial charge on any atom is 0.0542 e. The Kier molecular flexibility index (Phi) is 12.1. The average Bonchev–Trinajstić information content (AvgIpc) is 1.95. The minimum atomic E-state index is 1.08. The molecule has 0 radical (unpaired) electrons. The van der Waals surface area contributed by atoms with Gasteiger partial charge in [-0.25, -0.2) is 0 Å². The van der Waals surface area contributed by atoms with E-state index in [9.17, 15) is 0 Å². The smallest absolute Gasteiger partial charge is 0.0542 e. The van der Waals surface area contributed by atoms with Gasteiger partial charge in [0.1, 0.15) is 0 Å². The molecule has 0 saturated carbocycles. The van der Waals surface area contributed by atoms with Gasteiger partial charge in [-0.1, -0.05) is 170 Å². The first-order chi connectivity index (χ1) is 43.7. The topological polar surface area (TPSA) is 26.2 Å². The van der Waals surface area contributed by atoms with Gasteiger partial charge in [0, 0.05) is 89.2 Å². The van der Waals surface area contributed by atoms with Gasteiger partial charge in [0.25, 0.3) is 0 Å². The molecule has 6 nitrogen and oxygen atoms in total. The molecule has 0 spiro atoms. The second-order valence-corrected chi connectivity index (χ2v) is 22.6. The van der Waals surface area contributed by atoms with Gasteiger partial charge in [0.15, 0.2) is 0 Å². The number of aromatic nitrogens is 4. The number of nitrogens with zero attached hydrogens (tertiary/aromatic N) is 6. The summed E-state index contributed by atoms with van der Waals surface area (Å²) in [4.78, 5) is 4.65. The van der Waals surface area contributed by atoms with Crippen molar-refractivity contribution in [2.75, 3.05) is 9.80 Å². The van der Waals surface area contributed by atoms with Gasteiger partial charge >= 0.3 is 0 Å². The number of benzene rings is 13. The summed E-state index contributed by atoms with van der Waals surface area (Å²) >= 11 is 0. The van der Waals surface area contributed by atoms with E-state index in [4.69, 9.17) is 0 Å². The van der Waals surface area contributed by atoms with Gasteiger partial charge < -0.3 is 28.1 Å². The Balaban J connectivity index is 0.893. The Labute approximate surface area is 509 Å². The molecule has 414 valence electrons. The lowest BCUT2D eigenvalue weighted by Crippen LogP contribution is -2.09. The number of rotatable bonds is 12. The lowest BCUT2D eigenvalue weighted by Gasteiger charge is -2.25.